The Bertz CT molecular complexity index is 1140. The Morgan fingerprint density at radius 1 is 1.21 bits per heavy atom. The van der Waals surface area contributed by atoms with E-state index in [0.29, 0.717) is 30.7 Å². The van der Waals surface area contributed by atoms with E-state index in [4.69, 9.17) is 0 Å². The van der Waals surface area contributed by atoms with Crippen molar-refractivity contribution in [3.8, 4) is 0 Å². The van der Waals surface area contributed by atoms with E-state index < -0.39 is 12.0 Å². The maximum atomic E-state index is 13.5. The number of nitrogens with zero attached hydrogens (tertiary/aromatic N) is 2. The smallest absolute Gasteiger partial charge is 0.325 e. The molecule has 2 aromatic heterocycles. The van der Waals surface area contributed by atoms with Crippen LogP contribution in [0, 0.1) is 11.7 Å². The minimum Gasteiger partial charge on any atom is -0.480 e. The normalized spacial score (nSPS) is 22.8. The van der Waals surface area contributed by atoms with Crippen molar-refractivity contribution >= 4 is 16.9 Å². The minimum absolute atomic E-state index is 0.00842. The number of hydrogen-bond acceptors (Lipinski definition) is 3. The summed E-state index contributed by atoms with van der Waals surface area (Å²) < 4.78 is 15.3. The first-order valence-electron chi connectivity index (χ1n) is 9.44. The molecular weight excluding hydrogens is 361 g/mol. The maximum absolute atomic E-state index is 13.5. The van der Waals surface area contributed by atoms with Crippen molar-refractivity contribution in [1.29, 1.82) is 0 Å². The lowest BCUT2D eigenvalue weighted by atomic mass is 9.82. The van der Waals surface area contributed by atoms with Crippen molar-refractivity contribution in [1.82, 2.24) is 14.5 Å². The van der Waals surface area contributed by atoms with Crippen LogP contribution in [-0.4, -0.2) is 38.6 Å². The highest BCUT2D eigenvalue weighted by molar-refractivity contribution is 5.89. The Kier molecular flexibility index (Phi) is 3.87. The van der Waals surface area contributed by atoms with Gasteiger partial charge < -0.3 is 14.7 Å². The second-order valence-electron chi connectivity index (χ2n) is 7.83. The number of aromatic amines is 1. The van der Waals surface area contributed by atoms with Gasteiger partial charge in [-0.2, -0.15) is 0 Å². The molecule has 4 heterocycles. The molecule has 1 fully saturated rings. The molecule has 5 rings (SSSR count). The number of carbonyl (C=O) groups is 1. The lowest BCUT2D eigenvalue weighted by Gasteiger charge is -2.44. The summed E-state index contributed by atoms with van der Waals surface area (Å²) in [7, 11) is 0. The van der Waals surface area contributed by atoms with Gasteiger partial charge in [0.1, 0.15) is 11.9 Å². The summed E-state index contributed by atoms with van der Waals surface area (Å²) in [6.45, 7) is 1.81. The van der Waals surface area contributed by atoms with Crippen molar-refractivity contribution in [2.24, 2.45) is 5.92 Å². The van der Waals surface area contributed by atoms with Gasteiger partial charge in [-0.1, -0.05) is 6.07 Å². The van der Waals surface area contributed by atoms with Crippen LogP contribution in [0.2, 0.25) is 0 Å². The fourth-order valence-corrected chi connectivity index (χ4v) is 4.98. The lowest BCUT2D eigenvalue weighted by Crippen LogP contribution is -2.49. The van der Waals surface area contributed by atoms with Crippen LogP contribution in [0.1, 0.15) is 29.6 Å². The number of carboxylic acid groups (broad SMARTS) is 1. The number of fused-ring (bicyclic) bond motifs is 5. The molecule has 2 aliphatic rings. The number of H-pyrrole nitrogens is 1. The largest absolute Gasteiger partial charge is 0.480 e. The zero-order chi connectivity index (χ0) is 19.4. The molecule has 0 aliphatic carbocycles. The molecule has 28 heavy (non-hydrogen) atoms. The third-order valence-corrected chi connectivity index (χ3v) is 6.08. The summed E-state index contributed by atoms with van der Waals surface area (Å²) in [5.74, 6) is -0.917. The van der Waals surface area contributed by atoms with Gasteiger partial charge in [-0.25, -0.2) is 4.39 Å². The Hall–Kier alpha value is -2.93. The molecule has 1 unspecified atom stereocenters. The van der Waals surface area contributed by atoms with E-state index in [1.807, 2.05) is 15.5 Å². The molecule has 2 bridgehead atoms. The number of halogens is 1. The van der Waals surface area contributed by atoms with Crippen LogP contribution in [0.5, 0.6) is 0 Å². The van der Waals surface area contributed by atoms with Crippen molar-refractivity contribution < 1.29 is 14.3 Å². The van der Waals surface area contributed by atoms with E-state index in [9.17, 15) is 19.1 Å². The Balaban J connectivity index is 1.54. The topological polar surface area (TPSA) is 78.3 Å². The van der Waals surface area contributed by atoms with Crippen LogP contribution in [0.3, 0.4) is 0 Å². The quantitative estimate of drug-likeness (QED) is 0.731. The number of aliphatic carboxylic acids is 1. The van der Waals surface area contributed by atoms with E-state index in [2.05, 4.69) is 4.98 Å². The van der Waals surface area contributed by atoms with Crippen LogP contribution < -0.4 is 5.56 Å². The number of hydrogen-bond donors (Lipinski definition) is 2. The molecule has 0 saturated carbocycles. The van der Waals surface area contributed by atoms with Gasteiger partial charge in [0.25, 0.3) is 5.56 Å². The SMILES string of the molecule is O=C(O)C(c1c[nH]c2cc(F)ccc12)N1C[C@@H]2C[C@H](C1)c1cccc(=O)n1C2. The van der Waals surface area contributed by atoms with Crippen molar-refractivity contribution in [3.63, 3.8) is 0 Å². The highest BCUT2D eigenvalue weighted by Crippen LogP contribution is 2.39. The molecule has 7 heteroatoms. The molecule has 1 aromatic carbocycles. The van der Waals surface area contributed by atoms with Crippen molar-refractivity contribution in [2.45, 2.75) is 24.9 Å². The van der Waals surface area contributed by atoms with Crippen LogP contribution in [0.4, 0.5) is 4.39 Å². The van der Waals surface area contributed by atoms with Crippen LogP contribution in [0.25, 0.3) is 10.9 Å². The maximum Gasteiger partial charge on any atom is 0.325 e. The van der Waals surface area contributed by atoms with Gasteiger partial charge in [-0.3, -0.25) is 14.5 Å². The highest BCUT2D eigenvalue weighted by Gasteiger charge is 2.40. The van der Waals surface area contributed by atoms with Gasteiger partial charge >= 0.3 is 5.97 Å². The molecule has 0 spiro atoms. The summed E-state index contributed by atoms with van der Waals surface area (Å²) in [5, 5.41) is 10.8. The number of aromatic nitrogens is 2. The van der Waals surface area contributed by atoms with Gasteiger partial charge in [0.05, 0.1) is 0 Å². The lowest BCUT2D eigenvalue weighted by molar-refractivity contribution is -0.144. The summed E-state index contributed by atoms with van der Waals surface area (Å²) in [5.41, 5.74) is 2.23. The van der Waals surface area contributed by atoms with Gasteiger partial charge in [0.2, 0.25) is 0 Å². The molecule has 2 aliphatic heterocycles. The number of pyridine rings is 1. The van der Waals surface area contributed by atoms with E-state index in [0.717, 1.165) is 17.5 Å². The van der Waals surface area contributed by atoms with Gasteiger partial charge in [-0.05, 0) is 36.6 Å². The molecule has 1 saturated heterocycles. The molecular formula is C21H20FN3O3. The molecule has 3 atom stereocenters. The van der Waals surface area contributed by atoms with Gasteiger partial charge in [-0.15, -0.1) is 0 Å². The molecule has 144 valence electrons. The first-order chi connectivity index (χ1) is 13.5. The van der Waals surface area contributed by atoms with E-state index in [1.165, 1.54) is 12.1 Å². The minimum atomic E-state index is -0.921. The Labute approximate surface area is 160 Å². The average Bonchev–Trinajstić information content (AvgIpc) is 3.05. The van der Waals surface area contributed by atoms with Gasteiger partial charge in [0, 0.05) is 60.0 Å². The zero-order valence-electron chi connectivity index (χ0n) is 15.1. The molecule has 0 amide bonds. The summed E-state index contributed by atoms with van der Waals surface area (Å²) in [6, 6.07) is 8.87. The number of benzene rings is 1. The second-order valence-corrected chi connectivity index (χ2v) is 7.83. The summed E-state index contributed by atoms with van der Waals surface area (Å²) in [4.78, 5) is 29.4. The van der Waals surface area contributed by atoms with Crippen molar-refractivity contribution in [2.75, 3.05) is 13.1 Å². The third-order valence-electron chi connectivity index (χ3n) is 6.08. The Morgan fingerprint density at radius 2 is 2.07 bits per heavy atom. The zero-order valence-corrected chi connectivity index (χ0v) is 15.1. The number of likely N-dealkylation sites (tertiary alicyclic amines) is 1. The fraction of sp³-hybridized carbons (Fsp3) is 0.333. The number of carboxylic acids is 1. The number of nitrogens with one attached hydrogen (secondary N) is 1. The number of rotatable bonds is 3. The summed E-state index contributed by atoms with van der Waals surface area (Å²) >= 11 is 0. The monoisotopic (exact) mass is 381 g/mol. The van der Waals surface area contributed by atoms with Crippen molar-refractivity contribution in [3.05, 3.63) is 70.0 Å². The van der Waals surface area contributed by atoms with E-state index in [1.54, 1.807) is 24.4 Å². The standard InChI is InChI=1S/C21H20FN3O3/c22-14-4-5-15-16(8-23-17(15)7-14)20(21(27)28)24-9-12-6-13(11-24)18-2-1-3-19(26)25(18)10-12/h1-5,7-8,12-13,20,23H,6,9-11H2,(H,27,28)/t12-,13+,20?/m0/s1. The van der Waals surface area contributed by atoms with E-state index >= 15 is 0 Å². The van der Waals surface area contributed by atoms with Crippen LogP contribution in [-0.2, 0) is 11.3 Å². The predicted octanol–water partition coefficient (Wildman–Crippen LogP) is 2.71. The van der Waals surface area contributed by atoms with Crippen LogP contribution in [0.15, 0.2) is 47.4 Å². The second kappa shape index (κ2) is 6.31. The molecule has 0 radical (unpaired) electrons. The molecule has 3 aromatic rings. The molecule has 6 nitrogen and oxygen atoms in total. The fourth-order valence-electron chi connectivity index (χ4n) is 4.98. The molecule has 2 N–H and O–H groups in total. The average molecular weight is 381 g/mol. The predicted molar refractivity (Wildman–Crippen MR) is 102 cm³/mol. The highest BCUT2D eigenvalue weighted by atomic mass is 19.1. The van der Waals surface area contributed by atoms with E-state index in [-0.39, 0.29) is 23.2 Å². The summed E-state index contributed by atoms with van der Waals surface area (Å²) in [6.07, 6.45) is 2.64. The number of piperidine rings is 1. The first-order valence-corrected chi connectivity index (χ1v) is 9.44. The first kappa shape index (κ1) is 17.2. The Morgan fingerprint density at radius 3 is 2.89 bits per heavy atom. The van der Waals surface area contributed by atoms with Gasteiger partial charge in [0.15, 0.2) is 0 Å². The third kappa shape index (κ3) is 2.65. The van der Waals surface area contributed by atoms with Crippen LogP contribution >= 0.6 is 0 Å².